The van der Waals surface area contributed by atoms with E-state index in [9.17, 15) is 9.59 Å². The Morgan fingerprint density at radius 1 is 1.43 bits per heavy atom. The summed E-state index contributed by atoms with van der Waals surface area (Å²) in [7, 11) is 1.57. The summed E-state index contributed by atoms with van der Waals surface area (Å²) in [5.74, 6) is -1.00. The Balaban J connectivity index is 2.02. The normalized spacial score (nSPS) is 21.3. The van der Waals surface area contributed by atoms with E-state index in [1.807, 2.05) is 4.90 Å². The first kappa shape index (κ1) is 17.5. The average molecular weight is 343 g/mol. The number of aromatic nitrogens is 1. The molecule has 1 aliphatic heterocycles. The summed E-state index contributed by atoms with van der Waals surface area (Å²) < 4.78 is 10.7. The van der Waals surface area contributed by atoms with Gasteiger partial charge in [0.2, 0.25) is 0 Å². The summed E-state index contributed by atoms with van der Waals surface area (Å²) >= 11 is 1.10. The SMILES string of the molecule is COC1CN(c2ncc(C(=O)O)s2)CC1NC(=O)OC(C)(C)C. The Bertz CT molecular complexity index is 583. The van der Waals surface area contributed by atoms with E-state index in [1.54, 1.807) is 27.9 Å². The summed E-state index contributed by atoms with van der Waals surface area (Å²) in [6.07, 6.45) is 0.607. The number of carbonyl (C=O) groups is 2. The predicted molar refractivity (Wildman–Crippen MR) is 85.2 cm³/mol. The lowest BCUT2D eigenvalue weighted by molar-refractivity contribution is 0.0417. The lowest BCUT2D eigenvalue weighted by atomic mass is 10.2. The van der Waals surface area contributed by atoms with Crippen molar-refractivity contribution in [3.63, 3.8) is 0 Å². The fourth-order valence-electron chi connectivity index (χ4n) is 2.28. The maximum Gasteiger partial charge on any atom is 0.408 e. The Morgan fingerprint density at radius 3 is 2.65 bits per heavy atom. The highest BCUT2D eigenvalue weighted by Gasteiger charge is 2.36. The van der Waals surface area contributed by atoms with Gasteiger partial charge in [0.25, 0.3) is 0 Å². The van der Waals surface area contributed by atoms with Gasteiger partial charge in [-0.25, -0.2) is 14.6 Å². The molecule has 2 heterocycles. The van der Waals surface area contributed by atoms with E-state index in [2.05, 4.69) is 10.3 Å². The molecule has 2 N–H and O–H groups in total. The van der Waals surface area contributed by atoms with Crippen LogP contribution in [0.3, 0.4) is 0 Å². The van der Waals surface area contributed by atoms with Gasteiger partial charge in [0, 0.05) is 20.2 Å². The van der Waals surface area contributed by atoms with Gasteiger partial charge in [-0.2, -0.15) is 0 Å². The van der Waals surface area contributed by atoms with E-state index in [0.717, 1.165) is 11.3 Å². The molecule has 0 aliphatic carbocycles. The fraction of sp³-hybridized carbons (Fsp3) is 0.643. The number of hydrogen-bond acceptors (Lipinski definition) is 7. The number of carboxylic acids is 1. The van der Waals surface area contributed by atoms with Crippen LogP contribution < -0.4 is 10.2 Å². The summed E-state index contributed by atoms with van der Waals surface area (Å²) in [4.78, 5) is 29.1. The first-order chi connectivity index (χ1) is 10.7. The van der Waals surface area contributed by atoms with E-state index in [-0.39, 0.29) is 17.0 Å². The van der Waals surface area contributed by atoms with Crippen molar-refractivity contribution in [1.82, 2.24) is 10.3 Å². The second-order valence-corrected chi connectivity index (χ2v) is 7.25. The molecule has 0 bridgehead atoms. The van der Waals surface area contributed by atoms with Gasteiger partial charge in [0.05, 0.1) is 18.3 Å². The summed E-state index contributed by atoms with van der Waals surface area (Å²) in [5, 5.41) is 12.4. The van der Waals surface area contributed by atoms with Crippen LogP contribution in [0.25, 0.3) is 0 Å². The number of nitrogens with zero attached hydrogens (tertiary/aromatic N) is 2. The molecule has 1 aromatic heterocycles. The second kappa shape index (κ2) is 6.71. The number of anilines is 1. The standard InChI is InChI=1S/C14H21N3O5S/c1-14(2,3)22-13(20)16-8-6-17(7-9(8)21-4)12-15-5-10(23-12)11(18)19/h5,8-9H,6-7H2,1-4H3,(H,16,20)(H,18,19). The van der Waals surface area contributed by atoms with Gasteiger partial charge in [-0.3, -0.25) is 0 Å². The van der Waals surface area contributed by atoms with E-state index < -0.39 is 17.7 Å². The van der Waals surface area contributed by atoms with Crippen LogP contribution in [0.15, 0.2) is 6.20 Å². The predicted octanol–water partition coefficient (Wildman–Crippen LogP) is 1.57. The van der Waals surface area contributed by atoms with Crippen molar-refractivity contribution in [1.29, 1.82) is 0 Å². The van der Waals surface area contributed by atoms with E-state index >= 15 is 0 Å². The van der Waals surface area contributed by atoms with Gasteiger partial charge in [-0.05, 0) is 20.8 Å². The van der Waals surface area contributed by atoms with Gasteiger partial charge in [-0.15, -0.1) is 0 Å². The first-order valence-corrected chi connectivity index (χ1v) is 7.97. The number of carboxylic acid groups (broad SMARTS) is 1. The average Bonchev–Trinajstić information content (AvgIpc) is 3.02. The lowest BCUT2D eigenvalue weighted by Crippen LogP contribution is -2.45. The zero-order valence-corrected chi connectivity index (χ0v) is 14.3. The minimum Gasteiger partial charge on any atom is -0.477 e. The van der Waals surface area contributed by atoms with E-state index in [1.165, 1.54) is 6.20 Å². The third-order valence-corrected chi connectivity index (χ3v) is 4.29. The number of thiazole rings is 1. The number of aromatic carboxylic acids is 1. The van der Waals surface area contributed by atoms with Crippen molar-refractivity contribution < 1.29 is 24.2 Å². The number of methoxy groups -OCH3 is 1. The van der Waals surface area contributed by atoms with Gasteiger partial charge in [0.1, 0.15) is 10.5 Å². The Morgan fingerprint density at radius 2 is 2.13 bits per heavy atom. The Labute approximate surface area is 138 Å². The fourth-order valence-corrected chi connectivity index (χ4v) is 3.05. The summed E-state index contributed by atoms with van der Waals surface area (Å²) in [5.41, 5.74) is -0.573. The molecule has 128 valence electrons. The van der Waals surface area contributed by atoms with Crippen LogP contribution in [0, 0.1) is 0 Å². The number of amides is 1. The molecule has 2 atom stereocenters. The van der Waals surface area contributed by atoms with Gasteiger partial charge < -0.3 is 24.8 Å². The molecule has 2 rings (SSSR count). The molecule has 1 aliphatic rings. The smallest absolute Gasteiger partial charge is 0.408 e. The highest BCUT2D eigenvalue weighted by Crippen LogP contribution is 2.27. The highest BCUT2D eigenvalue weighted by atomic mass is 32.1. The number of ether oxygens (including phenoxy) is 2. The lowest BCUT2D eigenvalue weighted by Gasteiger charge is -2.23. The minimum atomic E-state index is -1.00. The van der Waals surface area contributed by atoms with Gasteiger partial charge in [-0.1, -0.05) is 11.3 Å². The second-order valence-electron chi connectivity index (χ2n) is 6.24. The molecule has 2 unspecified atom stereocenters. The van der Waals surface area contributed by atoms with E-state index in [4.69, 9.17) is 14.6 Å². The van der Waals surface area contributed by atoms with Crippen molar-refractivity contribution in [2.75, 3.05) is 25.1 Å². The molecular formula is C14H21N3O5S. The van der Waals surface area contributed by atoms with Gasteiger partial charge >= 0.3 is 12.1 Å². The zero-order valence-electron chi connectivity index (χ0n) is 13.5. The van der Waals surface area contributed by atoms with Crippen LogP contribution in [0.4, 0.5) is 9.93 Å². The topological polar surface area (TPSA) is 101 Å². The highest BCUT2D eigenvalue weighted by molar-refractivity contribution is 7.17. The van der Waals surface area contributed by atoms with Crippen molar-refractivity contribution in [2.45, 2.75) is 38.5 Å². The van der Waals surface area contributed by atoms with Crippen LogP contribution in [-0.4, -0.2) is 60.1 Å². The zero-order chi connectivity index (χ0) is 17.2. The van der Waals surface area contributed by atoms with Crippen LogP contribution in [-0.2, 0) is 9.47 Å². The third kappa shape index (κ3) is 4.55. The molecule has 1 fully saturated rings. The summed E-state index contributed by atoms with van der Waals surface area (Å²) in [6, 6.07) is -0.257. The molecule has 0 spiro atoms. The molecule has 0 radical (unpaired) electrons. The molecule has 8 nitrogen and oxygen atoms in total. The van der Waals surface area contributed by atoms with Gasteiger partial charge in [0.15, 0.2) is 5.13 Å². The van der Waals surface area contributed by atoms with E-state index in [0.29, 0.717) is 18.2 Å². The number of alkyl carbamates (subject to hydrolysis) is 1. The number of hydrogen-bond donors (Lipinski definition) is 2. The van der Waals surface area contributed by atoms with Crippen molar-refractivity contribution in [3.8, 4) is 0 Å². The van der Waals surface area contributed by atoms with Crippen LogP contribution in [0.1, 0.15) is 30.4 Å². The van der Waals surface area contributed by atoms with Crippen LogP contribution >= 0.6 is 11.3 Å². The number of carbonyl (C=O) groups excluding carboxylic acids is 1. The maximum atomic E-state index is 11.9. The molecule has 23 heavy (non-hydrogen) atoms. The quantitative estimate of drug-likeness (QED) is 0.855. The molecule has 1 aromatic rings. The number of rotatable bonds is 4. The molecule has 0 aromatic carbocycles. The monoisotopic (exact) mass is 343 g/mol. The molecule has 1 amide bonds. The Kier molecular flexibility index (Phi) is 5.10. The minimum absolute atomic E-state index is 0.178. The Hall–Kier alpha value is -1.87. The van der Waals surface area contributed by atoms with Crippen molar-refractivity contribution >= 4 is 28.5 Å². The molecular weight excluding hydrogens is 322 g/mol. The van der Waals surface area contributed by atoms with Crippen molar-refractivity contribution in [3.05, 3.63) is 11.1 Å². The summed E-state index contributed by atoms with van der Waals surface area (Å²) in [6.45, 7) is 6.38. The largest absolute Gasteiger partial charge is 0.477 e. The van der Waals surface area contributed by atoms with Crippen molar-refractivity contribution in [2.24, 2.45) is 0 Å². The molecule has 9 heteroatoms. The number of nitrogens with one attached hydrogen (secondary N) is 1. The maximum absolute atomic E-state index is 11.9. The molecule has 1 saturated heterocycles. The molecule has 0 saturated carbocycles. The third-order valence-electron chi connectivity index (χ3n) is 3.25. The van der Waals surface area contributed by atoms with Crippen LogP contribution in [0.2, 0.25) is 0 Å². The first-order valence-electron chi connectivity index (χ1n) is 7.16. The van der Waals surface area contributed by atoms with Crippen LogP contribution in [0.5, 0.6) is 0 Å².